The lowest BCUT2D eigenvalue weighted by atomic mass is 10.2. The molecule has 0 amide bonds. The van der Waals surface area contributed by atoms with Crippen molar-refractivity contribution >= 4 is 5.95 Å². The Balaban J connectivity index is 1.52. The molecular weight excluding hydrogens is 410 g/mol. The van der Waals surface area contributed by atoms with Crippen LogP contribution in [0, 0.1) is 0 Å². The Labute approximate surface area is 185 Å². The SMILES string of the molecule is COc1cccc(CNc2n[nH]c(-c3cccnc3Oc3cc(OC)cc(OC)c3)n2)c1. The van der Waals surface area contributed by atoms with Gasteiger partial charge in [0.25, 0.3) is 0 Å². The van der Waals surface area contributed by atoms with E-state index < -0.39 is 0 Å². The summed E-state index contributed by atoms with van der Waals surface area (Å²) in [5.41, 5.74) is 1.71. The molecule has 2 aromatic carbocycles. The largest absolute Gasteiger partial charge is 0.497 e. The number of benzene rings is 2. The Kier molecular flexibility index (Phi) is 6.35. The second kappa shape index (κ2) is 9.69. The highest BCUT2D eigenvalue weighted by molar-refractivity contribution is 5.63. The van der Waals surface area contributed by atoms with Crippen LogP contribution in [0.15, 0.2) is 60.8 Å². The van der Waals surface area contributed by atoms with E-state index in [-0.39, 0.29) is 0 Å². The van der Waals surface area contributed by atoms with Crippen molar-refractivity contribution in [3.63, 3.8) is 0 Å². The Morgan fingerprint density at radius 2 is 1.59 bits per heavy atom. The van der Waals surface area contributed by atoms with Gasteiger partial charge in [-0.15, -0.1) is 5.10 Å². The van der Waals surface area contributed by atoms with Gasteiger partial charge >= 0.3 is 0 Å². The van der Waals surface area contributed by atoms with Gasteiger partial charge < -0.3 is 24.3 Å². The summed E-state index contributed by atoms with van der Waals surface area (Å²) in [7, 11) is 4.81. The molecular formula is C23H23N5O4. The predicted molar refractivity (Wildman–Crippen MR) is 120 cm³/mol. The Hall–Kier alpha value is -4.27. The normalized spacial score (nSPS) is 10.5. The van der Waals surface area contributed by atoms with Gasteiger partial charge in [-0.1, -0.05) is 12.1 Å². The fourth-order valence-corrected chi connectivity index (χ4v) is 3.03. The Bertz CT molecular complexity index is 1170. The first-order valence-corrected chi connectivity index (χ1v) is 9.84. The number of methoxy groups -OCH3 is 3. The van der Waals surface area contributed by atoms with Crippen molar-refractivity contribution < 1.29 is 18.9 Å². The molecule has 0 bridgehead atoms. The van der Waals surface area contributed by atoms with E-state index in [9.17, 15) is 0 Å². The highest BCUT2D eigenvalue weighted by Crippen LogP contribution is 2.34. The molecule has 9 heteroatoms. The Morgan fingerprint density at radius 1 is 0.844 bits per heavy atom. The minimum Gasteiger partial charge on any atom is -0.497 e. The molecule has 2 heterocycles. The first kappa shape index (κ1) is 21.0. The monoisotopic (exact) mass is 433 g/mol. The maximum absolute atomic E-state index is 6.02. The molecule has 0 atom stereocenters. The summed E-state index contributed by atoms with van der Waals surface area (Å²) in [5.74, 6) is 3.90. The Morgan fingerprint density at radius 3 is 2.34 bits per heavy atom. The summed E-state index contributed by atoms with van der Waals surface area (Å²) in [5, 5.41) is 10.4. The average molecular weight is 433 g/mol. The van der Waals surface area contributed by atoms with E-state index in [0.29, 0.717) is 47.0 Å². The highest BCUT2D eigenvalue weighted by atomic mass is 16.5. The fourth-order valence-electron chi connectivity index (χ4n) is 3.03. The van der Waals surface area contributed by atoms with E-state index in [1.54, 1.807) is 51.8 Å². The number of H-pyrrole nitrogens is 1. The van der Waals surface area contributed by atoms with Crippen LogP contribution >= 0.6 is 0 Å². The van der Waals surface area contributed by atoms with Gasteiger partial charge in [0.2, 0.25) is 11.8 Å². The van der Waals surface area contributed by atoms with Gasteiger partial charge in [-0.3, -0.25) is 5.10 Å². The molecule has 0 spiro atoms. The molecule has 4 rings (SSSR count). The molecule has 0 aliphatic heterocycles. The number of hydrogen-bond donors (Lipinski definition) is 2. The van der Waals surface area contributed by atoms with Crippen LogP contribution in [-0.4, -0.2) is 41.5 Å². The molecule has 0 saturated carbocycles. The summed E-state index contributed by atoms with van der Waals surface area (Å²) in [6.45, 7) is 0.550. The predicted octanol–water partition coefficient (Wildman–Crippen LogP) is 4.30. The summed E-state index contributed by atoms with van der Waals surface area (Å²) < 4.78 is 21.9. The number of rotatable bonds is 9. The molecule has 0 aliphatic rings. The lowest BCUT2D eigenvalue weighted by Gasteiger charge is -2.11. The highest BCUT2D eigenvalue weighted by Gasteiger charge is 2.14. The van der Waals surface area contributed by atoms with Crippen molar-refractivity contribution in [3.8, 4) is 40.3 Å². The second-order valence-electron chi connectivity index (χ2n) is 6.72. The summed E-state index contributed by atoms with van der Waals surface area (Å²) in [6.07, 6.45) is 1.65. The molecule has 0 radical (unpaired) electrons. The van der Waals surface area contributed by atoms with Crippen molar-refractivity contribution in [2.75, 3.05) is 26.6 Å². The van der Waals surface area contributed by atoms with Gasteiger partial charge in [0, 0.05) is 30.9 Å². The van der Waals surface area contributed by atoms with Crippen LogP contribution in [0.5, 0.6) is 28.9 Å². The van der Waals surface area contributed by atoms with Gasteiger partial charge in [-0.25, -0.2) is 4.98 Å². The zero-order chi connectivity index (χ0) is 22.3. The van der Waals surface area contributed by atoms with Crippen molar-refractivity contribution in [1.82, 2.24) is 20.2 Å². The van der Waals surface area contributed by atoms with Crippen LogP contribution in [0.2, 0.25) is 0 Å². The van der Waals surface area contributed by atoms with E-state index in [0.717, 1.165) is 11.3 Å². The zero-order valence-corrected chi connectivity index (χ0v) is 18.0. The van der Waals surface area contributed by atoms with Crippen molar-refractivity contribution in [2.45, 2.75) is 6.54 Å². The number of nitrogens with zero attached hydrogens (tertiary/aromatic N) is 3. The number of aromatic nitrogens is 4. The molecule has 164 valence electrons. The van der Waals surface area contributed by atoms with Gasteiger partial charge in [-0.2, -0.15) is 4.98 Å². The summed E-state index contributed by atoms with van der Waals surface area (Å²) in [6, 6.07) is 16.7. The number of anilines is 1. The quantitative estimate of drug-likeness (QED) is 0.403. The average Bonchev–Trinajstić information content (AvgIpc) is 3.32. The zero-order valence-electron chi connectivity index (χ0n) is 18.0. The van der Waals surface area contributed by atoms with Crippen LogP contribution < -0.4 is 24.3 Å². The van der Waals surface area contributed by atoms with E-state index >= 15 is 0 Å². The van der Waals surface area contributed by atoms with Crippen LogP contribution in [0.1, 0.15) is 5.56 Å². The third-order valence-corrected chi connectivity index (χ3v) is 4.64. The fraction of sp³-hybridized carbons (Fsp3) is 0.174. The third kappa shape index (κ3) is 4.89. The second-order valence-corrected chi connectivity index (χ2v) is 6.72. The molecule has 0 aliphatic carbocycles. The number of pyridine rings is 1. The molecule has 2 aromatic heterocycles. The summed E-state index contributed by atoms with van der Waals surface area (Å²) >= 11 is 0. The molecule has 2 N–H and O–H groups in total. The first-order chi connectivity index (χ1) is 15.7. The molecule has 0 fully saturated rings. The van der Waals surface area contributed by atoms with Crippen LogP contribution in [0.4, 0.5) is 5.95 Å². The van der Waals surface area contributed by atoms with Gasteiger partial charge in [0.05, 0.1) is 26.9 Å². The van der Waals surface area contributed by atoms with Gasteiger partial charge in [0.1, 0.15) is 23.0 Å². The lowest BCUT2D eigenvalue weighted by Crippen LogP contribution is -2.01. The number of ether oxygens (including phenoxy) is 4. The molecule has 0 unspecified atom stereocenters. The minimum atomic E-state index is 0.373. The number of hydrogen-bond acceptors (Lipinski definition) is 8. The van der Waals surface area contributed by atoms with E-state index in [2.05, 4.69) is 25.5 Å². The van der Waals surface area contributed by atoms with Gasteiger partial charge in [0.15, 0.2) is 5.82 Å². The van der Waals surface area contributed by atoms with Crippen LogP contribution in [-0.2, 0) is 6.54 Å². The molecule has 0 saturated heterocycles. The van der Waals surface area contributed by atoms with E-state index in [1.807, 2.05) is 30.3 Å². The molecule has 4 aromatic rings. The third-order valence-electron chi connectivity index (χ3n) is 4.64. The van der Waals surface area contributed by atoms with Crippen molar-refractivity contribution in [3.05, 3.63) is 66.4 Å². The number of nitrogens with one attached hydrogen (secondary N) is 2. The van der Waals surface area contributed by atoms with Crippen molar-refractivity contribution in [2.24, 2.45) is 0 Å². The van der Waals surface area contributed by atoms with E-state index in [4.69, 9.17) is 18.9 Å². The minimum absolute atomic E-state index is 0.373. The van der Waals surface area contributed by atoms with Gasteiger partial charge in [-0.05, 0) is 29.8 Å². The topological polar surface area (TPSA) is 103 Å². The smallest absolute Gasteiger partial charge is 0.242 e. The first-order valence-electron chi connectivity index (χ1n) is 9.84. The number of aromatic amines is 1. The van der Waals surface area contributed by atoms with Crippen LogP contribution in [0.25, 0.3) is 11.4 Å². The summed E-state index contributed by atoms with van der Waals surface area (Å²) in [4.78, 5) is 8.89. The van der Waals surface area contributed by atoms with E-state index in [1.165, 1.54) is 0 Å². The standard InChI is InChI=1S/C23H23N5O4/c1-29-16-7-4-6-15(10-16)14-25-23-26-21(27-28-23)20-8-5-9-24-22(20)32-19-12-17(30-2)11-18(13-19)31-3/h4-13H,14H2,1-3H3,(H2,25,26,27,28). The maximum atomic E-state index is 6.02. The van der Waals surface area contributed by atoms with Crippen LogP contribution in [0.3, 0.4) is 0 Å². The maximum Gasteiger partial charge on any atom is 0.242 e. The molecule has 9 nitrogen and oxygen atoms in total. The molecule has 32 heavy (non-hydrogen) atoms. The van der Waals surface area contributed by atoms with Crippen molar-refractivity contribution in [1.29, 1.82) is 0 Å². The lowest BCUT2D eigenvalue weighted by molar-refractivity contribution is 0.385.